The molecule has 4 heteroatoms. The number of nitrogens with one attached hydrogen (secondary N) is 2. The van der Waals surface area contributed by atoms with Crippen molar-refractivity contribution in [1.29, 1.82) is 5.41 Å². The summed E-state index contributed by atoms with van der Waals surface area (Å²) >= 11 is 0. The molecule has 4 N–H and O–H groups in total. The zero-order chi connectivity index (χ0) is 10.4. The van der Waals surface area contributed by atoms with Crippen molar-refractivity contribution in [3.63, 3.8) is 0 Å². The second kappa shape index (κ2) is 5.01. The van der Waals surface area contributed by atoms with Crippen molar-refractivity contribution >= 4 is 12.2 Å². The van der Waals surface area contributed by atoms with Crippen LogP contribution in [0.5, 0.6) is 0 Å². The number of guanidine groups is 1. The SMILES string of the molecule is N=C(N)N[C@H]([C]=O)Cc1ccccc1. The van der Waals surface area contributed by atoms with E-state index >= 15 is 0 Å². The number of carbonyl (C=O) groups excluding carboxylic acids is 1. The lowest BCUT2D eigenvalue weighted by Gasteiger charge is -2.10. The Balaban J connectivity index is 2.57. The van der Waals surface area contributed by atoms with Gasteiger partial charge < -0.3 is 11.1 Å². The van der Waals surface area contributed by atoms with Crippen LogP contribution in [0, 0.1) is 5.41 Å². The third-order valence-corrected chi connectivity index (χ3v) is 1.75. The maximum absolute atomic E-state index is 10.5. The monoisotopic (exact) mass is 190 g/mol. The van der Waals surface area contributed by atoms with Gasteiger partial charge in [-0.3, -0.25) is 10.2 Å². The van der Waals surface area contributed by atoms with Crippen molar-refractivity contribution in [2.24, 2.45) is 5.73 Å². The largest absolute Gasteiger partial charge is 0.370 e. The molecule has 1 aromatic carbocycles. The van der Waals surface area contributed by atoms with Gasteiger partial charge in [0.15, 0.2) is 5.96 Å². The summed E-state index contributed by atoms with van der Waals surface area (Å²) in [5.74, 6) is -0.214. The van der Waals surface area contributed by atoms with E-state index in [1.807, 2.05) is 30.3 Å². The van der Waals surface area contributed by atoms with Crippen LogP contribution in [0.2, 0.25) is 0 Å². The summed E-state index contributed by atoms with van der Waals surface area (Å²) in [5, 5.41) is 9.50. The summed E-state index contributed by atoms with van der Waals surface area (Å²) < 4.78 is 0. The van der Waals surface area contributed by atoms with Gasteiger partial charge in [0.25, 0.3) is 0 Å². The zero-order valence-electron chi connectivity index (χ0n) is 7.66. The Kier molecular flexibility index (Phi) is 3.67. The predicted octanol–water partition coefficient (Wildman–Crippen LogP) is 0.190. The van der Waals surface area contributed by atoms with Gasteiger partial charge in [0, 0.05) is 6.42 Å². The van der Waals surface area contributed by atoms with Gasteiger partial charge in [0.05, 0.1) is 6.04 Å². The molecule has 0 heterocycles. The van der Waals surface area contributed by atoms with E-state index in [1.165, 1.54) is 0 Å². The average molecular weight is 190 g/mol. The summed E-state index contributed by atoms with van der Waals surface area (Å²) in [6.07, 6.45) is 2.29. The first-order valence-electron chi connectivity index (χ1n) is 4.24. The topological polar surface area (TPSA) is 79.0 Å². The Hall–Kier alpha value is -1.84. The van der Waals surface area contributed by atoms with Gasteiger partial charge in [-0.15, -0.1) is 0 Å². The Morgan fingerprint density at radius 1 is 1.50 bits per heavy atom. The van der Waals surface area contributed by atoms with E-state index in [0.29, 0.717) is 6.42 Å². The molecule has 0 fully saturated rings. The Bertz CT molecular complexity index is 310. The van der Waals surface area contributed by atoms with Crippen LogP contribution in [0.15, 0.2) is 30.3 Å². The van der Waals surface area contributed by atoms with E-state index in [-0.39, 0.29) is 5.96 Å². The minimum absolute atomic E-state index is 0.214. The first-order valence-corrected chi connectivity index (χ1v) is 4.24. The van der Waals surface area contributed by atoms with Crippen LogP contribution in [0.1, 0.15) is 5.56 Å². The number of nitrogens with two attached hydrogens (primary N) is 1. The summed E-state index contributed by atoms with van der Waals surface area (Å²) in [5.41, 5.74) is 6.12. The Morgan fingerprint density at radius 3 is 2.64 bits per heavy atom. The lowest BCUT2D eigenvalue weighted by Crippen LogP contribution is -2.41. The normalized spacial score (nSPS) is 11.7. The molecular weight excluding hydrogens is 178 g/mol. The third-order valence-electron chi connectivity index (χ3n) is 1.75. The quantitative estimate of drug-likeness (QED) is 0.468. The highest BCUT2D eigenvalue weighted by Crippen LogP contribution is 2.01. The standard InChI is InChI=1S/C10H12N3O/c11-10(12)13-9(7-14)6-8-4-2-1-3-5-8/h1-5,9H,6H2,(H4,11,12,13)/t9-/m0/s1. The van der Waals surface area contributed by atoms with Crippen LogP contribution < -0.4 is 11.1 Å². The van der Waals surface area contributed by atoms with Gasteiger partial charge in [-0.2, -0.15) is 0 Å². The molecule has 14 heavy (non-hydrogen) atoms. The maximum atomic E-state index is 10.5. The molecular formula is C10H12N3O. The molecule has 4 nitrogen and oxygen atoms in total. The lowest BCUT2D eigenvalue weighted by atomic mass is 10.1. The molecule has 1 radical (unpaired) electrons. The first-order chi connectivity index (χ1) is 6.72. The molecule has 0 spiro atoms. The van der Waals surface area contributed by atoms with E-state index in [2.05, 4.69) is 5.32 Å². The molecule has 0 unspecified atom stereocenters. The van der Waals surface area contributed by atoms with Crippen molar-refractivity contribution in [2.45, 2.75) is 12.5 Å². The summed E-state index contributed by atoms with van der Waals surface area (Å²) in [7, 11) is 0. The van der Waals surface area contributed by atoms with E-state index in [1.54, 1.807) is 6.29 Å². The lowest BCUT2D eigenvalue weighted by molar-refractivity contribution is 0.533. The first kappa shape index (κ1) is 10.2. The fourth-order valence-corrected chi connectivity index (χ4v) is 1.16. The summed E-state index contributed by atoms with van der Waals surface area (Å²) in [6.45, 7) is 0. The van der Waals surface area contributed by atoms with Crippen LogP contribution in [0.4, 0.5) is 0 Å². The van der Waals surface area contributed by atoms with Crippen molar-refractivity contribution in [3.05, 3.63) is 35.9 Å². The molecule has 0 saturated heterocycles. The van der Waals surface area contributed by atoms with Crippen molar-refractivity contribution in [3.8, 4) is 0 Å². The van der Waals surface area contributed by atoms with Crippen molar-refractivity contribution in [1.82, 2.24) is 5.32 Å². The molecule has 1 aromatic rings. The molecule has 0 bridgehead atoms. The molecule has 1 rings (SSSR count). The predicted molar refractivity (Wildman–Crippen MR) is 54.7 cm³/mol. The van der Waals surface area contributed by atoms with E-state index in [4.69, 9.17) is 11.1 Å². The second-order valence-electron chi connectivity index (χ2n) is 2.92. The fourth-order valence-electron chi connectivity index (χ4n) is 1.16. The van der Waals surface area contributed by atoms with Gasteiger partial charge in [0.1, 0.15) is 0 Å². The van der Waals surface area contributed by atoms with Gasteiger partial charge in [-0.05, 0) is 5.56 Å². The molecule has 73 valence electrons. The van der Waals surface area contributed by atoms with Crippen LogP contribution >= 0.6 is 0 Å². The van der Waals surface area contributed by atoms with Crippen molar-refractivity contribution < 1.29 is 4.79 Å². The smallest absolute Gasteiger partial charge is 0.223 e. The third kappa shape index (κ3) is 3.26. The molecule has 0 aliphatic rings. The molecule has 0 aromatic heterocycles. The van der Waals surface area contributed by atoms with E-state index < -0.39 is 6.04 Å². The molecule has 0 aliphatic heterocycles. The molecule has 1 atom stereocenters. The minimum Gasteiger partial charge on any atom is -0.370 e. The highest BCUT2D eigenvalue weighted by atomic mass is 16.1. The highest BCUT2D eigenvalue weighted by Gasteiger charge is 2.08. The number of benzene rings is 1. The Morgan fingerprint density at radius 2 is 2.14 bits per heavy atom. The zero-order valence-corrected chi connectivity index (χ0v) is 7.66. The van der Waals surface area contributed by atoms with Crippen LogP contribution in [-0.4, -0.2) is 18.3 Å². The number of hydrogen-bond donors (Lipinski definition) is 3. The van der Waals surface area contributed by atoms with Crippen LogP contribution in [0.25, 0.3) is 0 Å². The van der Waals surface area contributed by atoms with Crippen molar-refractivity contribution in [2.75, 3.05) is 0 Å². The van der Waals surface area contributed by atoms with Gasteiger partial charge in [0.2, 0.25) is 6.29 Å². The average Bonchev–Trinajstić information content (AvgIpc) is 2.17. The maximum Gasteiger partial charge on any atom is 0.223 e. The highest BCUT2D eigenvalue weighted by molar-refractivity contribution is 5.78. The fraction of sp³-hybridized carbons (Fsp3) is 0.200. The second-order valence-corrected chi connectivity index (χ2v) is 2.92. The van der Waals surface area contributed by atoms with E-state index in [0.717, 1.165) is 5.56 Å². The van der Waals surface area contributed by atoms with Crippen LogP contribution in [0.3, 0.4) is 0 Å². The van der Waals surface area contributed by atoms with Gasteiger partial charge in [-0.1, -0.05) is 30.3 Å². The summed E-state index contributed by atoms with van der Waals surface area (Å²) in [6, 6.07) is 8.96. The van der Waals surface area contributed by atoms with E-state index in [9.17, 15) is 4.79 Å². The number of rotatable bonds is 4. The van der Waals surface area contributed by atoms with Gasteiger partial charge in [-0.25, -0.2) is 0 Å². The molecule has 0 amide bonds. The molecule has 0 saturated carbocycles. The van der Waals surface area contributed by atoms with Crippen LogP contribution in [-0.2, 0) is 11.2 Å². The number of hydrogen-bond acceptors (Lipinski definition) is 2. The molecule has 0 aliphatic carbocycles. The van der Waals surface area contributed by atoms with Gasteiger partial charge >= 0.3 is 0 Å². The Labute approximate surface area is 82.6 Å². The summed E-state index contributed by atoms with van der Waals surface area (Å²) in [4.78, 5) is 10.5. The minimum atomic E-state index is -0.546.